The number of benzene rings is 1. The summed E-state index contributed by atoms with van der Waals surface area (Å²) in [5.74, 6) is 0.608. The standard InChI is InChI=1S/C13H19BrN2O3S/c1-9-12(4-3-7-15-9)16-20(17,18)10-5-6-13(19-2)11(14)8-10/h5-6,8-9,12,15-16H,3-4,7H2,1-2H3. The molecule has 5 nitrogen and oxygen atoms in total. The molecule has 0 spiro atoms. The maximum Gasteiger partial charge on any atom is 0.240 e. The van der Waals surface area contributed by atoms with Crippen LogP contribution in [0.15, 0.2) is 27.6 Å². The van der Waals surface area contributed by atoms with Crippen molar-refractivity contribution in [3.8, 4) is 5.75 Å². The Morgan fingerprint density at radius 1 is 1.45 bits per heavy atom. The zero-order valence-electron chi connectivity index (χ0n) is 11.5. The van der Waals surface area contributed by atoms with Crippen molar-refractivity contribution in [2.24, 2.45) is 0 Å². The van der Waals surface area contributed by atoms with E-state index in [0.717, 1.165) is 19.4 Å². The zero-order valence-corrected chi connectivity index (χ0v) is 13.9. The van der Waals surface area contributed by atoms with Gasteiger partial charge in [-0.05, 0) is 60.4 Å². The fraction of sp³-hybridized carbons (Fsp3) is 0.538. The van der Waals surface area contributed by atoms with Gasteiger partial charge in [-0.3, -0.25) is 0 Å². The summed E-state index contributed by atoms with van der Waals surface area (Å²) in [7, 11) is -1.97. The van der Waals surface area contributed by atoms with Crippen LogP contribution in [0.1, 0.15) is 19.8 Å². The van der Waals surface area contributed by atoms with Crippen LogP contribution in [0, 0.1) is 0 Å². The van der Waals surface area contributed by atoms with Gasteiger partial charge in [-0.1, -0.05) is 0 Å². The quantitative estimate of drug-likeness (QED) is 0.857. The molecule has 7 heteroatoms. The Morgan fingerprint density at radius 3 is 2.80 bits per heavy atom. The lowest BCUT2D eigenvalue weighted by molar-refractivity contribution is 0.349. The van der Waals surface area contributed by atoms with E-state index in [0.29, 0.717) is 10.2 Å². The second-order valence-electron chi connectivity index (χ2n) is 4.91. The minimum atomic E-state index is -3.52. The molecule has 1 aliphatic heterocycles. The Bertz CT molecular complexity index is 577. The first kappa shape index (κ1) is 15.8. The van der Waals surface area contributed by atoms with Crippen molar-refractivity contribution in [2.45, 2.75) is 36.7 Å². The van der Waals surface area contributed by atoms with Crippen molar-refractivity contribution in [3.05, 3.63) is 22.7 Å². The minimum Gasteiger partial charge on any atom is -0.496 e. The molecular weight excluding hydrogens is 344 g/mol. The molecule has 1 aromatic carbocycles. The predicted molar refractivity (Wildman–Crippen MR) is 81.5 cm³/mol. The molecule has 2 rings (SSSR count). The molecule has 0 saturated carbocycles. The lowest BCUT2D eigenvalue weighted by Gasteiger charge is -2.30. The molecule has 0 radical (unpaired) electrons. The maximum absolute atomic E-state index is 12.4. The summed E-state index contributed by atoms with van der Waals surface area (Å²) < 4.78 is 33.3. The first-order chi connectivity index (χ1) is 9.44. The van der Waals surface area contributed by atoms with Gasteiger partial charge in [0.15, 0.2) is 0 Å². The highest BCUT2D eigenvalue weighted by Gasteiger charge is 2.26. The first-order valence-corrected chi connectivity index (χ1v) is 8.81. The molecular formula is C13H19BrN2O3S. The van der Waals surface area contributed by atoms with Gasteiger partial charge in [0.2, 0.25) is 10.0 Å². The van der Waals surface area contributed by atoms with Gasteiger partial charge < -0.3 is 10.1 Å². The van der Waals surface area contributed by atoms with Gasteiger partial charge in [0, 0.05) is 12.1 Å². The molecule has 0 amide bonds. The van der Waals surface area contributed by atoms with Gasteiger partial charge in [0.05, 0.1) is 16.5 Å². The molecule has 1 aromatic rings. The summed E-state index contributed by atoms with van der Waals surface area (Å²) in [6.45, 7) is 2.93. The summed E-state index contributed by atoms with van der Waals surface area (Å²) in [6.07, 6.45) is 1.83. The van der Waals surface area contributed by atoms with Crippen LogP contribution in [0.3, 0.4) is 0 Å². The van der Waals surface area contributed by atoms with Crippen molar-refractivity contribution >= 4 is 26.0 Å². The summed E-state index contributed by atoms with van der Waals surface area (Å²) >= 11 is 3.31. The molecule has 0 bridgehead atoms. The van der Waals surface area contributed by atoms with Crippen molar-refractivity contribution in [2.75, 3.05) is 13.7 Å². The Morgan fingerprint density at radius 2 is 2.20 bits per heavy atom. The summed E-state index contributed by atoms with van der Waals surface area (Å²) in [4.78, 5) is 0.239. The second-order valence-corrected chi connectivity index (χ2v) is 7.48. The van der Waals surface area contributed by atoms with E-state index in [9.17, 15) is 8.42 Å². The minimum absolute atomic E-state index is 0.0744. The van der Waals surface area contributed by atoms with E-state index in [1.807, 2.05) is 6.92 Å². The Hall–Kier alpha value is -0.630. The predicted octanol–water partition coefficient (Wildman–Crippen LogP) is 1.88. The van der Waals surface area contributed by atoms with E-state index >= 15 is 0 Å². The van der Waals surface area contributed by atoms with Gasteiger partial charge in [0.1, 0.15) is 5.75 Å². The fourth-order valence-corrected chi connectivity index (χ4v) is 4.36. The number of piperidine rings is 1. The van der Waals surface area contributed by atoms with Gasteiger partial charge in [-0.25, -0.2) is 13.1 Å². The van der Waals surface area contributed by atoms with Crippen LogP contribution in [0.4, 0.5) is 0 Å². The molecule has 20 heavy (non-hydrogen) atoms. The molecule has 1 saturated heterocycles. The number of sulfonamides is 1. The fourth-order valence-electron chi connectivity index (χ4n) is 2.29. The topological polar surface area (TPSA) is 67.4 Å². The lowest BCUT2D eigenvalue weighted by Crippen LogP contribution is -2.51. The first-order valence-electron chi connectivity index (χ1n) is 6.53. The average Bonchev–Trinajstić information content (AvgIpc) is 2.41. The third kappa shape index (κ3) is 3.52. The van der Waals surface area contributed by atoms with Crippen LogP contribution in [0.5, 0.6) is 5.75 Å². The van der Waals surface area contributed by atoms with Gasteiger partial charge >= 0.3 is 0 Å². The molecule has 112 valence electrons. The highest BCUT2D eigenvalue weighted by atomic mass is 79.9. The second kappa shape index (κ2) is 6.43. The van der Waals surface area contributed by atoms with Crippen LogP contribution in [0.2, 0.25) is 0 Å². The number of rotatable bonds is 4. The van der Waals surface area contributed by atoms with E-state index in [1.165, 1.54) is 0 Å². The molecule has 2 unspecified atom stereocenters. The molecule has 2 atom stereocenters. The van der Waals surface area contributed by atoms with Gasteiger partial charge in [-0.2, -0.15) is 0 Å². The summed E-state index contributed by atoms with van der Waals surface area (Å²) in [5, 5.41) is 3.28. The van der Waals surface area contributed by atoms with Crippen molar-refractivity contribution in [3.63, 3.8) is 0 Å². The Labute approximate surface area is 128 Å². The highest BCUT2D eigenvalue weighted by Crippen LogP contribution is 2.27. The summed E-state index contributed by atoms with van der Waals surface area (Å²) in [6, 6.07) is 4.81. The molecule has 1 heterocycles. The van der Waals surface area contributed by atoms with Crippen LogP contribution < -0.4 is 14.8 Å². The van der Waals surface area contributed by atoms with Crippen molar-refractivity contribution < 1.29 is 13.2 Å². The van der Waals surface area contributed by atoms with Crippen LogP contribution in [0.25, 0.3) is 0 Å². The van der Waals surface area contributed by atoms with E-state index in [1.54, 1.807) is 25.3 Å². The number of ether oxygens (including phenoxy) is 1. The van der Waals surface area contributed by atoms with Gasteiger partial charge in [0.25, 0.3) is 0 Å². The highest BCUT2D eigenvalue weighted by molar-refractivity contribution is 9.10. The SMILES string of the molecule is COc1ccc(S(=O)(=O)NC2CCCNC2C)cc1Br. The molecule has 1 fully saturated rings. The van der Waals surface area contributed by atoms with E-state index in [2.05, 4.69) is 26.0 Å². The van der Waals surface area contributed by atoms with Crippen LogP contribution in [-0.2, 0) is 10.0 Å². The Balaban J connectivity index is 2.19. The number of nitrogens with one attached hydrogen (secondary N) is 2. The number of hydrogen-bond donors (Lipinski definition) is 2. The molecule has 0 aromatic heterocycles. The summed E-state index contributed by atoms with van der Waals surface area (Å²) in [5.41, 5.74) is 0. The van der Waals surface area contributed by atoms with Crippen LogP contribution in [-0.4, -0.2) is 34.2 Å². The zero-order chi connectivity index (χ0) is 14.8. The third-order valence-corrected chi connectivity index (χ3v) is 5.61. The van der Waals surface area contributed by atoms with E-state index < -0.39 is 10.0 Å². The smallest absolute Gasteiger partial charge is 0.240 e. The van der Waals surface area contributed by atoms with Crippen molar-refractivity contribution in [1.82, 2.24) is 10.0 Å². The lowest BCUT2D eigenvalue weighted by atomic mass is 10.0. The normalized spacial score (nSPS) is 23.6. The largest absolute Gasteiger partial charge is 0.496 e. The van der Waals surface area contributed by atoms with Gasteiger partial charge in [-0.15, -0.1) is 0 Å². The van der Waals surface area contributed by atoms with E-state index in [-0.39, 0.29) is 17.0 Å². The maximum atomic E-state index is 12.4. The molecule has 2 N–H and O–H groups in total. The van der Waals surface area contributed by atoms with Crippen molar-refractivity contribution in [1.29, 1.82) is 0 Å². The monoisotopic (exact) mass is 362 g/mol. The third-order valence-electron chi connectivity index (χ3n) is 3.50. The van der Waals surface area contributed by atoms with E-state index in [4.69, 9.17) is 4.74 Å². The molecule has 0 aliphatic carbocycles. The Kier molecular flexibility index (Phi) is 5.06. The number of methoxy groups -OCH3 is 1. The number of hydrogen-bond acceptors (Lipinski definition) is 4. The average molecular weight is 363 g/mol. The van der Waals surface area contributed by atoms with Crippen LogP contribution >= 0.6 is 15.9 Å². The number of halogens is 1. The molecule has 1 aliphatic rings.